The molecule has 0 bridgehead atoms. The minimum absolute atomic E-state index is 0.0917. The van der Waals surface area contributed by atoms with E-state index < -0.39 is 17.7 Å². The van der Waals surface area contributed by atoms with Crippen molar-refractivity contribution in [2.24, 2.45) is 0 Å². The number of hydrogen-bond donors (Lipinski definition) is 1. The van der Waals surface area contributed by atoms with Crippen LogP contribution in [-0.4, -0.2) is 48.6 Å². The highest BCUT2D eigenvalue weighted by Crippen LogP contribution is 2.39. The zero-order chi connectivity index (χ0) is 23.3. The fraction of sp³-hybridized carbons (Fsp3) is 0.385. The number of nitrogens with zero attached hydrogens (tertiary/aromatic N) is 1. The Morgan fingerprint density at radius 2 is 1.78 bits per heavy atom. The normalized spacial score (nSPS) is 17.8. The fourth-order valence-electron chi connectivity index (χ4n) is 3.84. The first-order chi connectivity index (χ1) is 15.4. The summed E-state index contributed by atoms with van der Waals surface area (Å²) in [6.45, 7) is 7.13. The Labute approximate surface area is 189 Å². The molecule has 1 heterocycles. The lowest BCUT2D eigenvalue weighted by Gasteiger charge is -2.25. The SMILES string of the molecule is CCCCOc1ccc(C(O)=C2C(=O)C(=O)N(CCOC)[C@H]2c2ccc(C)cc2)cc1C. The maximum atomic E-state index is 13.0. The molecule has 0 unspecified atom stereocenters. The molecule has 2 aromatic carbocycles. The van der Waals surface area contributed by atoms with Gasteiger partial charge < -0.3 is 19.5 Å². The first kappa shape index (κ1) is 23.5. The molecule has 0 aromatic heterocycles. The van der Waals surface area contributed by atoms with E-state index in [1.807, 2.05) is 38.1 Å². The lowest BCUT2D eigenvalue weighted by Crippen LogP contribution is -2.32. The predicted molar refractivity (Wildman–Crippen MR) is 124 cm³/mol. The lowest BCUT2D eigenvalue weighted by molar-refractivity contribution is -0.140. The quantitative estimate of drug-likeness (QED) is 0.270. The van der Waals surface area contributed by atoms with Crippen LogP contribution >= 0.6 is 0 Å². The number of carbonyl (C=O) groups excluding carboxylic acids is 2. The minimum Gasteiger partial charge on any atom is -0.507 e. The topological polar surface area (TPSA) is 76.1 Å². The largest absolute Gasteiger partial charge is 0.507 e. The van der Waals surface area contributed by atoms with Crippen molar-refractivity contribution >= 4 is 17.4 Å². The molecule has 1 fully saturated rings. The van der Waals surface area contributed by atoms with Crippen LogP contribution in [-0.2, 0) is 14.3 Å². The Bertz CT molecular complexity index is 1010. The number of ketones is 1. The lowest BCUT2D eigenvalue weighted by atomic mass is 9.94. The number of rotatable bonds is 9. The van der Waals surface area contributed by atoms with Gasteiger partial charge >= 0.3 is 0 Å². The van der Waals surface area contributed by atoms with Crippen molar-refractivity contribution in [3.8, 4) is 5.75 Å². The van der Waals surface area contributed by atoms with Gasteiger partial charge in [0.1, 0.15) is 11.5 Å². The molecule has 0 spiro atoms. The Kier molecular flexibility index (Phi) is 7.70. The summed E-state index contributed by atoms with van der Waals surface area (Å²) in [7, 11) is 1.55. The van der Waals surface area contributed by atoms with E-state index in [9.17, 15) is 14.7 Å². The van der Waals surface area contributed by atoms with Crippen LogP contribution in [0.1, 0.15) is 48.1 Å². The number of Topliss-reactive ketones (excluding diaryl/α,β-unsaturated/α-hetero) is 1. The zero-order valence-corrected chi connectivity index (χ0v) is 19.2. The molecule has 1 aliphatic rings. The Hall–Kier alpha value is -3.12. The molecule has 1 N–H and O–H groups in total. The van der Waals surface area contributed by atoms with Gasteiger partial charge in [0, 0.05) is 19.2 Å². The first-order valence-electron chi connectivity index (χ1n) is 11.0. The molecule has 2 aromatic rings. The molecule has 0 saturated carbocycles. The number of likely N-dealkylation sites (tertiary alicyclic amines) is 1. The number of amides is 1. The van der Waals surface area contributed by atoms with Gasteiger partial charge in [-0.05, 0) is 49.6 Å². The highest BCUT2D eigenvalue weighted by Gasteiger charge is 2.45. The third kappa shape index (κ3) is 4.86. The molecule has 0 radical (unpaired) electrons. The standard InChI is InChI=1S/C26H31NO5/c1-5-6-14-32-21-12-11-20(16-18(21)3)24(28)22-23(19-9-7-17(2)8-10-19)27(13-15-31-4)26(30)25(22)29/h7-12,16,23,28H,5-6,13-15H2,1-4H3/t23-/m0/s1. The van der Waals surface area contributed by atoms with Gasteiger partial charge in [0.15, 0.2) is 0 Å². The summed E-state index contributed by atoms with van der Waals surface area (Å²) < 4.78 is 10.9. The maximum absolute atomic E-state index is 13.0. The number of aryl methyl sites for hydroxylation is 2. The number of aliphatic hydroxyl groups is 1. The van der Waals surface area contributed by atoms with E-state index in [-0.39, 0.29) is 17.9 Å². The van der Waals surface area contributed by atoms with E-state index in [0.29, 0.717) is 18.8 Å². The van der Waals surface area contributed by atoms with Gasteiger partial charge in [0.25, 0.3) is 11.7 Å². The van der Waals surface area contributed by atoms with E-state index in [0.717, 1.165) is 35.3 Å². The second-order valence-electron chi connectivity index (χ2n) is 8.08. The summed E-state index contributed by atoms with van der Waals surface area (Å²) in [4.78, 5) is 27.3. The number of unbranched alkanes of at least 4 members (excludes halogenated alkanes) is 1. The van der Waals surface area contributed by atoms with E-state index in [1.165, 1.54) is 4.90 Å². The summed E-state index contributed by atoms with van der Waals surface area (Å²) >= 11 is 0. The van der Waals surface area contributed by atoms with Gasteiger partial charge in [0.2, 0.25) is 0 Å². The van der Waals surface area contributed by atoms with Crippen molar-refractivity contribution in [1.82, 2.24) is 4.90 Å². The molecule has 1 amide bonds. The van der Waals surface area contributed by atoms with Crippen LogP contribution in [0.2, 0.25) is 0 Å². The predicted octanol–water partition coefficient (Wildman–Crippen LogP) is 4.55. The third-order valence-corrected chi connectivity index (χ3v) is 5.67. The van der Waals surface area contributed by atoms with Gasteiger partial charge in [0.05, 0.1) is 24.8 Å². The first-order valence-corrected chi connectivity index (χ1v) is 11.0. The van der Waals surface area contributed by atoms with E-state index in [2.05, 4.69) is 6.92 Å². The van der Waals surface area contributed by atoms with Crippen LogP contribution in [0, 0.1) is 13.8 Å². The number of carbonyl (C=O) groups is 2. The molecule has 170 valence electrons. The van der Waals surface area contributed by atoms with E-state index >= 15 is 0 Å². The van der Waals surface area contributed by atoms with Crippen molar-refractivity contribution < 1.29 is 24.2 Å². The highest BCUT2D eigenvalue weighted by molar-refractivity contribution is 6.46. The summed E-state index contributed by atoms with van der Waals surface area (Å²) in [5.74, 6) is -0.766. The van der Waals surface area contributed by atoms with Crippen LogP contribution in [0.15, 0.2) is 48.0 Å². The number of benzene rings is 2. The average Bonchev–Trinajstić information content (AvgIpc) is 3.03. The fourth-order valence-corrected chi connectivity index (χ4v) is 3.84. The molecule has 32 heavy (non-hydrogen) atoms. The summed E-state index contributed by atoms with van der Waals surface area (Å²) in [6, 6.07) is 12.2. The van der Waals surface area contributed by atoms with E-state index in [1.54, 1.807) is 25.3 Å². The Morgan fingerprint density at radius 1 is 1.06 bits per heavy atom. The van der Waals surface area contributed by atoms with Crippen molar-refractivity contribution in [2.45, 2.75) is 39.7 Å². The average molecular weight is 438 g/mol. The van der Waals surface area contributed by atoms with Crippen LogP contribution in [0.4, 0.5) is 0 Å². The summed E-state index contributed by atoms with van der Waals surface area (Å²) in [5.41, 5.74) is 3.26. The second-order valence-corrected chi connectivity index (χ2v) is 8.08. The third-order valence-electron chi connectivity index (χ3n) is 5.67. The van der Waals surface area contributed by atoms with Gasteiger partial charge in [-0.25, -0.2) is 0 Å². The monoisotopic (exact) mass is 437 g/mol. The Balaban J connectivity index is 2.04. The molecule has 6 heteroatoms. The van der Waals surface area contributed by atoms with Gasteiger partial charge in [-0.3, -0.25) is 9.59 Å². The van der Waals surface area contributed by atoms with Crippen molar-refractivity contribution in [1.29, 1.82) is 0 Å². The molecule has 1 atom stereocenters. The molecule has 6 nitrogen and oxygen atoms in total. The van der Waals surface area contributed by atoms with Crippen LogP contribution in [0.5, 0.6) is 5.75 Å². The van der Waals surface area contributed by atoms with Crippen LogP contribution in [0.25, 0.3) is 5.76 Å². The van der Waals surface area contributed by atoms with Crippen molar-refractivity contribution in [2.75, 3.05) is 26.9 Å². The number of hydrogen-bond acceptors (Lipinski definition) is 5. The van der Waals surface area contributed by atoms with Crippen LogP contribution < -0.4 is 4.74 Å². The van der Waals surface area contributed by atoms with Crippen LogP contribution in [0.3, 0.4) is 0 Å². The smallest absolute Gasteiger partial charge is 0.295 e. The molecule has 3 rings (SSSR count). The molecular weight excluding hydrogens is 406 g/mol. The number of aliphatic hydroxyl groups excluding tert-OH is 1. The van der Waals surface area contributed by atoms with Gasteiger partial charge in [-0.2, -0.15) is 0 Å². The molecular formula is C26H31NO5. The Morgan fingerprint density at radius 3 is 2.41 bits per heavy atom. The molecule has 0 aliphatic carbocycles. The minimum atomic E-state index is -0.690. The number of ether oxygens (including phenoxy) is 2. The summed E-state index contributed by atoms with van der Waals surface area (Å²) in [6.07, 6.45) is 2.00. The maximum Gasteiger partial charge on any atom is 0.295 e. The summed E-state index contributed by atoms with van der Waals surface area (Å²) in [5, 5.41) is 11.2. The molecule has 1 aliphatic heterocycles. The van der Waals surface area contributed by atoms with Crippen molar-refractivity contribution in [3.05, 3.63) is 70.3 Å². The highest BCUT2D eigenvalue weighted by atomic mass is 16.5. The second kappa shape index (κ2) is 10.5. The van der Waals surface area contributed by atoms with Gasteiger partial charge in [-0.1, -0.05) is 43.2 Å². The van der Waals surface area contributed by atoms with Crippen molar-refractivity contribution in [3.63, 3.8) is 0 Å². The van der Waals surface area contributed by atoms with E-state index in [4.69, 9.17) is 9.47 Å². The zero-order valence-electron chi connectivity index (χ0n) is 19.2. The van der Waals surface area contributed by atoms with Gasteiger partial charge in [-0.15, -0.1) is 0 Å². The number of methoxy groups -OCH3 is 1. The molecule has 1 saturated heterocycles.